The van der Waals surface area contributed by atoms with Gasteiger partial charge in [0.05, 0.1) is 4.47 Å². The van der Waals surface area contributed by atoms with Crippen molar-refractivity contribution in [2.24, 2.45) is 0 Å². The van der Waals surface area contributed by atoms with Crippen LogP contribution in [0.2, 0.25) is 5.02 Å². The smallest absolute Gasteiger partial charge is 0.410 e. The SMILES string of the molecule is CC1CN(C(=O)OC(C)(C)C)CCN1CCOc1c(F)cc(Cl)cc1Br. The first-order valence-electron chi connectivity index (χ1n) is 8.56. The molecule has 1 aromatic rings. The predicted octanol–water partition coefficient (Wildman–Crippen LogP) is 4.56. The lowest BCUT2D eigenvalue weighted by molar-refractivity contribution is 0.00422. The second-order valence-electron chi connectivity index (χ2n) is 7.36. The Morgan fingerprint density at radius 1 is 1.38 bits per heavy atom. The second kappa shape index (κ2) is 8.76. The lowest BCUT2D eigenvalue weighted by Gasteiger charge is -2.40. The van der Waals surface area contributed by atoms with E-state index >= 15 is 0 Å². The molecule has 1 unspecified atom stereocenters. The van der Waals surface area contributed by atoms with Crippen molar-refractivity contribution in [3.63, 3.8) is 0 Å². The van der Waals surface area contributed by atoms with Crippen LogP contribution in [0.4, 0.5) is 9.18 Å². The van der Waals surface area contributed by atoms with Gasteiger partial charge in [-0.2, -0.15) is 0 Å². The minimum absolute atomic E-state index is 0.162. The van der Waals surface area contributed by atoms with E-state index in [-0.39, 0.29) is 17.9 Å². The molecule has 1 aromatic carbocycles. The number of rotatable bonds is 4. The van der Waals surface area contributed by atoms with Crippen LogP contribution in [0.1, 0.15) is 27.7 Å². The number of amides is 1. The molecular weight excluding hydrogens is 427 g/mol. The fourth-order valence-electron chi connectivity index (χ4n) is 2.75. The van der Waals surface area contributed by atoms with Crippen LogP contribution in [-0.2, 0) is 4.74 Å². The molecular formula is C18H25BrClFN2O3. The summed E-state index contributed by atoms with van der Waals surface area (Å²) in [6.45, 7) is 10.5. The number of ether oxygens (including phenoxy) is 2. The fraction of sp³-hybridized carbons (Fsp3) is 0.611. The summed E-state index contributed by atoms with van der Waals surface area (Å²) in [5.74, 6) is -0.332. The molecule has 1 aliphatic rings. The fourth-order valence-corrected chi connectivity index (χ4v) is 3.64. The van der Waals surface area contributed by atoms with Gasteiger partial charge in [-0.25, -0.2) is 9.18 Å². The van der Waals surface area contributed by atoms with Crippen LogP contribution >= 0.6 is 27.5 Å². The molecule has 0 saturated carbocycles. The molecule has 146 valence electrons. The van der Waals surface area contributed by atoms with Gasteiger partial charge in [0.2, 0.25) is 0 Å². The molecule has 0 aliphatic carbocycles. The third-order valence-corrected chi connectivity index (χ3v) is 4.81. The molecule has 5 nitrogen and oxygen atoms in total. The molecule has 1 saturated heterocycles. The number of nitrogens with zero attached hydrogens (tertiary/aromatic N) is 2. The maximum atomic E-state index is 13.9. The van der Waals surface area contributed by atoms with Gasteiger partial charge in [0.1, 0.15) is 12.2 Å². The highest BCUT2D eigenvalue weighted by Gasteiger charge is 2.29. The topological polar surface area (TPSA) is 42.0 Å². The van der Waals surface area contributed by atoms with Gasteiger partial charge in [-0.05, 0) is 55.8 Å². The third kappa shape index (κ3) is 5.99. The predicted molar refractivity (Wildman–Crippen MR) is 103 cm³/mol. The Balaban J connectivity index is 1.83. The van der Waals surface area contributed by atoms with E-state index < -0.39 is 11.4 Å². The standard InChI is InChI=1S/C18H25BrClFN2O3/c1-12-11-23(17(24)26-18(2,3)4)6-5-22(12)7-8-25-16-14(19)9-13(20)10-15(16)21/h9-10,12H,5-8,11H2,1-4H3. The first kappa shape index (κ1) is 21.3. The van der Waals surface area contributed by atoms with Crippen molar-refractivity contribution in [2.45, 2.75) is 39.3 Å². The first-order chi connectivity index (χ1) is 12.1. The normalized spacial score (nSPS) is 18.7. The van der Waals surface area contributed by atoms with Crippen LogP contribution in [0, 0.1) is 5.82 Å². The van der Waals surface area contributed by atoms with Crippen LogP contribution in [0.25, 0.3) is 0 Å². The molecule has 1 fully saturated rings. The molecule has 8 heteroatoms. The molecule has 2 rings (SSSR count). The van der Waals surface area contributed by atoms with Crippen molar-refractivity contribution in [3.05, 3.63) is 27.4 Å². The van der Waals surface area contributed by atoms with Crippen molar-refractivity contribution in [1.29, 1.82) is 0 Å². The Bertz CT molecular complexity index is 631. The Kier molecular flexibility index (Phi) is 7.16. The number of hydrogen-bond acceptors (Lipinski definition) is 4. The van der Waals surface area contributed by atoms with Crippen LogP contribution in [0.15, 0.2) is 16.6 Å². The van der Waals surface area contributed by atoms with Crippen LogP contribution < -0.4 is 4.74 Å². The van der Waals surface area contributed by atoms with E-state index in [2.05, 4.69) is 27.8 Å². The summed E-state index contributed by atoms with van der Waals surface area (Å²) in [6.07, 6.45) is -0.285. The van der Waals surface area contributed by atoms with Crippen molar-refractivity contribution in [3.8, 4) is 5.75 Å². The minimum atomic E-state index is -0.499. The monoisotopic (exact) mass is 450 g/mol. The molecule has 1 amide bonds. The first-order valence-corrected chi connectivity index (χ1v) is 9.73. The maximum Gasteiger partial charge on any atom is 0.410 e. The largest absolute Gasteiger partial charge is 0.488 e. The maximum absolute atomic E-state index is 13.9. The number of carbonyl (C=O) groups excluding carboxylic acids is 1. The minimum Gasteiger partial charge on any atom is -0.488 e. The molecule has 1 aliphatic heterocycles. The average molecular weight is 452 g/mol. The Morgan fingerprint density at radius 3 is 2.65 bits per heavy atom. The Morgan fingerprint density at radius 2 is 2.08 bits per heavy atom. The molecule has 26 heavy (non-hydrogen) atoms. The lowest BCUT2D eigenvalue weighted by Crippen LogP contribution is -2.55. The summed E-state index contributed by atoms with van der Waals surface area (Å²) in [4.78, 5) is 16.1. The number of hydrogen-bond donors (Lipinski definition) is 0. The number of halogens is 3. The van der Waals surface area contributed by atoms with Gasteiger partial charge in [0.25, 0.3) is 0 Å². The Hall–Kier alpha value is -1.05. The number of carbonyl (C=O) groups is 1. The molecule has 0 aromatic heterocycles. The lowest BCUT2D eigenvalue weighted by atomic mass is 10.2. The molecule has 0 radical (unpaired) electrons. The summed E-state index contributed by atoms with van der Waals surface area (Å²) < 4.78 is 25.4. The second-order valence-corrected chi connectivity index (χ2v) is 8.65. The Labute approximate surface area is 167 Å². The highest BCUT2D eigenvalue weighted by Crippen LogP contribution is 2.31. The molecule has 0 spiro atoms. The van der Waals surface area contributed by atoms with E-state index in [4.69, 9.17) is 21.1 Å². The van der Waals surface area contributed by atoms with E-state index in [1.807, 2.05) is 20.8 Å². The van der Waals surface area contributed by atoms with Crippen LogP contribution in [0.3, 0.4) is 0 Å². The van der Waals surface area contributed by atoms with Crippen LogP contribution in [0.5, 0.6) is 5.75 Å². The summed E-state index contributed by atoms with van der Waals surface area (Å²) in [7, 11) is 0. The molecule has 1 atom stereocenters. The van der Waals surface area contributed by atoms with Gasteiger partial charge >= 0.3 is 6.09 Å². The summed E-state index contributed by atoms with van der Waals surface area (Å²) in [6, 6.07) is 2.99. The molecule has 1 heterocycles. The van der Waals surface area contributed by atoms with Gasteiger partial charge in [-0.1, -0.05) is 11.6 Å². The van der Waals surface area contributed by atoms with Gasteiger partial charge in [0, 0.05) is 37.2 Å². The van der Waals surface area contributed by atoms with Gasteiger partial charge in [-0.15, -0.1) is 0 Å². The van der Waals surface area contributed by atoms with Crippen molar-refractivity contribution < 1.29 is 18.7 Å². The number of benzene rings is 1. The van der Waals surface area contributed by atoms with Crippen LogP contribution in [-0.4, -0.2) is 60.3 Å². The highest BCUT2D eigenvalue weighted by molar-refractivity contribution is 9.10. The van der Waals surface area contributed by atoms with Crippen molar-refractivity contribution >= 4 is 33.6 Å². The summed E-state index contributed by atoms with van der Waals surface area (Å²) in [5.41, 5.74) is -0.499. The van der Waals surface area contributed by atoms with Crippen molar-refractivity contribution in [2.75, 3.05) is 32.8 Å². The average Bonchev–Trinajstić information content (AvgIpc) is 2.49. The van der Waals surface area contributed by atoms with E-state index in [0.717, 1.165) is 0 Å². The zero-order valence-electron chi connectivity index (χ0n) is 15.5. The summed E-state index contributed by atoms with van der Waals surface area (Å²) in [5, 5.41) is 0.314. The number of piperazine rings is 1. The van der Waals surface area contributed by atoms with E-state index in [9.17, 15) is 9.18 Å². The van der Waals surface area contributed by atoms with Gasteiger partial charge in [0.15, 0.2) is 11.6 Å². The van der Waals surface area contributed by atoms with Gasteiger partial charge < -0.3 is 14.4 Å². The van der Waals surface area contributed by atoms with Crippen molar-refractivity contribution in [1.82, 2.24) is 9.80 Å². The third-order valence-electron chi connectivity index (χ3n) is 4.00. The molecule has 0 bridgehead atoms. The van der Waals surface area contributed by atoms with Gasteiger partial charge in [-0.3, -0.25) is 4.90 Å². The highest BCUT2D eigenvalue weighted by atomic mass is 79.9. The molecule has 0 N–H and O–H groups in total. The zero-order valence-corrected chi connectivity index (χ0v) is 17.9. The quantitative estimate of drug-likeness (QED) is 0.673. The van der Waals surface area contributed by atoms with E-state index in [1.165, 1.54) is 6.07 Å². The van der Waals surface area contributed by atoms with E-state index in [1.54, 1.807) is 11.0 Å². The zero-order chi connectivity index (χ0) is 19.5. The summed E-state index contributed by atoms with van der Waals surface area (Å²) >= 11 is 9.06. The van der Waals surface area contributed by atoms with E-state index in [0.29, 0.717) is 42.3 Å².